The summed E-state index contributed by atoms with van der Waals surface area (Å²) in [6.45, 7) is 2.06. The summed E-state index contributed by atoms with van der Waals surface area (Å²) in [6, 6.07) is 16.6. The normalized spacial score (nSPS) is 13.2. The van der Waals surface area contributed by atoms with Gasteiger partial charge in [-0.1, -0.05) is 43.3 Å². The highest BCUT2D eigenvalue weighted by atomic mass is 16.4. The molecule has 1 heterocycles. The zero-order chi connectivity index (χ0) is 16.9. The molecule has 0 saturated heterocycles. The van der Waals surface area contributed by atoms with Crippen molar-refractivity contribution in [1.29, 1.82) is 0 Å². The number of aromatic nitrogens is 2. The van der Waals surface area contributed by atoms with E-state index in [-0.39, 0.29) is 5.95 Å². The first-order chi connectivity index (χ1) is 11.7. The molecule has 3 N–H and O–H groups in total. The predicted octanol–water partition coefficient (Wildman–Crippen LogP) is 4.78. The van der Waals surface area contributed by atoms with Gasteiger partial charge in [-0.25, -0.2) is 9.78 Å². The highest BCUT2D eigenvalue weighted by Crippen LogP contribution is 2.39. The van der Waals surface area contributed by atoms with Gasteiger partial charge in [0.05, 0.1) is 11.0 Å². The highest BCUT2D eigenvalue weighted by Gasteiger charge is 2.22. The van der Waals surface area contributed by atoms with Crippen LogP contribution in [-0.2, 0) is 6.42 Å². The molecular formula is C19H21N3O2. The molecule has 124 valence electrons. The van der Waals surface area contributed by atoms with Crippen LogP contribution in [0.4, 0.5) is 10.7 Å². The highest BCUT2D eigenvalue weighted by molar-refractivity contribution is 5.85. The number of hydrogen-bond acceptors (Lipinski definition) is 2. The summed E-state index contributed by atoms with van der Waals surface area (Å²) in [6.07, 6.45) is 2.63. The number of H-pyrrole nitrogens is 1. The Bertz CT molecular complexity index is 823. The molecule has 1 fully saturated rings. The first-order valence-corrected chi connectivity index (χ1v) is 8.19. The van der Waals surface area contributed by atoms with Crippen LogP contribution in [0.25, 0.3) is 11.0 Å². The zero-order valence-corrected chi connectivity index (χ0v) is 13.6. The van der Waals surface area contributed by atoms with Crippen molar-refractivity contribution in [2.75, 3.05) is 5.32 Å². The second kappa shape index (κ2) is 7.17. The molecule has 1 aliphatic rings. The summed E-state index contributed by atoms with van der Waals surface area (Å²) in [5, 5.41) is 10.7. The van der Waals surface area contributed by atoms with Gasteiger partial charge in [0.1, 0.15) is 0 Å². The van der Waals surface area contributed by atoms with E-state index >= 15 is 0 Å². The molecule has 0 aliphatic heterocycles. The Morgan fingerprint density at radius 2 is 2.00 bits per heavy atom. The molecule has 24 heavy (non-hydrogen) atoms. The third-order valence-corrected chi connectivity index (χ3v) is 4.03. The summed E-state index contributed by atoms with van der Waals surface area (Å²) in [7, 11) is 0. The summed E-state index contributed by atoms with van der Waals surface area (Å²) >= 11 is 0. The topological polar surface area (TPSA) is 78.0 Å². The van der Waals surface area contributed by atoms with Crippen LogP contribution in [0.1, 0.15) is 36.8 Å². The van der Waals surface area contributed by atoms with Crippen LogP contribution in [0, 0.1) is 0 Å². The number of hydrogen-bond donors (Lipinski definition) is 3. The average molecular weight is 323 g/mol. The fraction of sp³-hybridized carbons (Fsp3) is 0.263. The minimum Gasteiger partial charge on any atom is -0.465 e. The number of imidazole rings is 1. The van der Waals surface area contributed by atoms with Gasteiger partial charge in [-0.3, -0.25) is 5.32 Å². The molecule has 1 saturated carbocycles. The Morgan fingerprint density at radius 3 is 2.62 bits per heavy atom. The molecule has 5 heteroatoms. The van der Waals surface area contributed by atoms with Crippen molar-refractivity contribution < 1.29 is 9.90 Å². The molecule has 0 atom stereocenters. The number of nitrogens with zero attached hydrogens (tertiary/aromatic N) is 1. The molecule has 1 aromatic heterocycles. The van der Waals surface area contributed by atoms with Crippen molar-refractivity contribution in [2.45, 2.75) is 32.1 Å². The van der Waals surface area contributed by atoms with E-state index in [0.717, 1.165) is 23.4 Å². The van der Waals surface area contributed by atoms with E-state index in [1.165, 1.54) is 24.0 Å². The molecule has 3 aromatic rings. The standard InChI is InChI=1S/C10H11N3O2.C9H10/c1-2-6-3-4-7-8(5-6)12-9(11-7)13-10(14)15;1-2-4-8(5-3-1)9-6-7-9/h3-5H,2H2,1H3,(H,14,15)(H2,11,12,13);1-5,9H,6-7H2. The zero-order valence-electron chi connectivity index (χ0n) is 13.6. The summed E-state index contributed by atoms with van der Waals surface area (Å²) < 4.78 is 0. The van der Waals surface area contributed by atoms with Gasteiger partial charge in [0, 0.05) is 0 Å². The minimum atomic E-state index is -1.12. The van der Waals surface area contributed by atoms with E-state index in [0.29, 0.717) is 0 Å². The van der Waals surface area contributed by atoms with Crippen LogP contribution < -0.4 is 5.32 Å². The number of aryl methyl sites for hydroxylation is 1. The van der Waals surface area contributed by atoms with E-state index in [1.54, 1.807) is 0 Å². The van der Waals surface area contributed by atoms with E-state index < -0.39 is 6.09 Å². The number of aromatic amines is 1. The van der Waals surface area contributed by atoms with Gasteiger partial charge < -0.3 is 10.1 Å². The van der Waals surface area contributed by atoms with Crippen molar-refractivity contribution in [3.8, 4) is 0 Å². The summed E-state index contributed by atoms with van der Waals surface area (Å²) in [4.78, 5) is 17.4. The lowest BCUT2D eigenvalue weighted by molar-refractivity contribution is 0.209. The van der Waals surface area contributed by atoms with Crippen molar-refractivity contribution in [2.24, 2.45) is 0 Å². The van der Waals surface area contributed by atoms with E-state index in [9.17, 15) is 4.79 Å². The lowest BCUT2D eigenvalue weighted by Gasteiger charge is -1.93. The lowest BCUT2D eigenvalue weighted by Crippen LogP contribution is -2.08. The van der Waals surface area contributed by atoms with Gasteiger partial charge in [0.15, 0.2) is 0 Å². The first kappa shape index (κ1) is 16.1. The van der Waals surface area contributed by atoms with Crippen molar-refractivity contribution in [3.63, 3.8) is 0 Å². The Morgan fingerprint density at radius 1 is 1.25 bits per heavy atom. The van der Waals surface area contributed by atoms with E-state index in [4.69, 9.17) is 5.11 Å². The quantitative estimate of drug-likeness (QED) is 0.649. The Balaban J connectivity index is 0.000000159. The molecule has 2 aromatic carbocycles. The Kier molecular flexibility index (Phi) is 4.79. The molecule has 5 nitrogen and oxygen atoms in total. The lowest BCUT2D eigenvalue weighted by atomic mass is 10.1. The fourth-order valence-electron chi connectivity index (χ4n) is 2.58. The fourth-order valence-corrected chi connectivity index (χ4v) is 2.58. The molecule has 1 aliphatic carbocycles. The van der Waals surface area contributed by atoms with Gasteiger partial charge in [-0.2, -0.15) is 0 Å². The van der Waals surface area contributed by atoms with Crippen molar-refractivity contribution >= 4 is 23.1 Å². The van der Waals surface area contributed by atoms with Gasteiger partial charge in [-0.05, 0) is 48.4 Å². The number of anilines is 1. The molecular weight excluding hydrogens is 302 g/mol. The summed E-state index contributed by atoms with van der Waals surface area (Å²) in [5.74, 6) is 1.16. The second-order valence-corrected chi connectivity index (χ2v) is 5.91. The number of amides is 1. The van der Waals surface area contributed by atoms with Crippen LogP contribution in [-0.4, -0.2) is 21.2 Å². The molecule has 0 bridgehead atoms. The Hall–Kier alpha value is -2.82. The third-order valence-electron chi connectivity index (χ3n) is 4.03. The van der Waals surface area contributed by atoms with E-state index in [1.807, 2.05) is 18.2 Å². The number of fused-ring (bicyclic) bond motifs is 1. The molecule has 0 spiro atoms. The molecule has 4 rings (SSSR count). The van der Waals surface area contributed by atoms with E-state index in [2.05, 4.69) is 52.5 Å². The van der Waals surface area contributed by atoms with Crippen LogP contribution in [0.3, 0.4) is 0 Å². The third kappa shape index (κ3) is 4.13. The largest absolute Gasteiger partial charge is 0.465 e. The van der Waals surface area contributed by atoms with Crippen LogP contribution in [0.15, 0.2) is 48.5 Å². The number of rotatable bonds is 3. The molecule has 1 amide bonds. The van der Waals surface area contributed by atoms with Gasteiger partial charge >= 0.3 is 6.09 Å². The maximum atomic E-state index is 10.4. The average Bonchev–Trinajstić information content (AvgIpc) is 3.36. The van der Waals surface area contributed by atoms with Crippen LogP contribution in [0.5, 0.6) is 0 Å². The number of benzene rings is 2. The minimum absolute atomic E-state index is 0.255. The van der Waals surface area contributed by atoms with Gasteiger partial charge in [0.2, 0.25) is 5.95 Å². The number of nitrogens with one attached hydrogen (secondary N) is 2. The smallest absolute Gasteiger partial charge is 0.411 e. The maximum absolute atomic E-state index is 10.4. The first-order valence-electron chi connectivity index (χ1n) is 8.19. The van der Waals surface area contributed by atoms with Gasteiger partial charge in [0.25, 0.3) is 0 Å². The van der Waals surface area contributed by atoms with Gasteiger partial charge in [-0.15, -0.1) is 0 Å². The van der Waals surface area contributed by atoms with Crippen molar-refractivity contribution in [1.82, 2.24) is 9.97 Å². The Labute approximate surface area is 140 Å². The van der Waals surface area contributed by atoms with Crippen LogP contribution >= 0.6 is 0 Å². The predicted molar refractivity (Wildman–Crippen MR) is 95.5 cm³/mol. The summed E-state index contributed by atoms with van der Waals surface area (Å²) in [5.41, 5.74) is 4.32. The SMILES string of the molecule is CCc1ccc2nc(NC(=O)O)[nH]c2c1.c1ccc(C2CC2)cc1. The maximum Gasteiger partial charge on any atom is 0.411 e. The second-order valence-electron chi connectivity index (χ2n) is 5.91. The molecule has 0 unspecified atom stereocenters. The number of carbonyl (C=O) groups is 1. The van der Waals surface area contributed by atoms with Crippen molar-refractivity contribution in [3.05, 3.63) is 59.7 Å². The number of carboxylic acid groups (broad SMARTS) is 1. The van der Waals surface area contributed by atoms with Crippen LogP contribution in [0.2, 0.25) is 0 Å². The molecule has 0 radical (unpaired) electrons. The monoisotopic (exact) mass is 323 g/mol.